The van der Waals surface area contributed by atoms with Crippen molar-refractivity contribution in [2.75, 3.05) is 0 Å². The van der Waals surface area contributed by atoms with E-state index in [4.69, 9.17) is 36.1 Å². The molecule has 0 spiro atoms. The molecule has 3 amide bonds. The third kappa shape index (κ3) is 9.90. The molecule has 0 aliphatic rings. The Hall–Kier alpha value is -3.70. The van der Waals surface area contributed by atoms with Gasteiger partial charge in [0.1, 0.15) is 12.1 Å². The molecule has 0 bridgehead atoms. The molecule has 2 rings (SSSR count). The summed E-state index contributed by atoms with van der Waals surface area (Å²) >= 11 is 0. The third-order valence-electron chi connectivity index (χ3n) is 6.51. The second-order valence-electron chi connectivity index (χ2n) is 10.0. The number of nitrogens with one attached hydrogen (secondary N) is 2. The second kappa shape index (κ2) is 14.8. The largest absolute Gasteiger partial charge is 0.481 e. The lowest BCUT2D eigenvalue weighted by Gasteiger charge is -2.24. The van der Waals surface area contributed by atoms with Crippen molar-refractivity contribution in [2.24, 2.45) is 11.5 Å². The number of primary amides is 1. The van der Waals surface area contributed by atoms with E-state index in [-0.39, 0.29) is 17.5 Å². The van der Waals surface area contributed by atoms with Crippen LogP contribution in [-0.2, 0) is 52.5 Å². The number of hydrogen-bond acceptors (Lipinski definition) is 7. The number of amides is 3. The second-order valence-corrected chi connectivity index (χ2v) is 13.3. The first kappa shape index (κ1) is 38.5. The van der Waals surface area contributed by atoms with Crippen molar-refractivity contribution in [3.8, 4) is 0 Å². The smallest absolute Gasteiger partial charge is 0.399 e. The average Bonchev–Trinajstić information content (AvgIpc) is 2.94. The first-order chi connectivity index (χ1) is 21.0. The predicted octanol–water partition coefficient (Wildman–Crippen LogP) is 0.573. The first-order valence-electron chi connectivity index (χ1n) is 12.9. The molecule has 21 heteroatoms. The zero-order valence-electron chi connectivity index (χ0n) is 23.4. The Morgan fingerprint density at radius 2 is 1.09 bits per heavy atom. The van der Waals surface area contributed by atoms with Gasteiger partial charge in [0.25, 0.3) is 0 Å². The number of carboxylic acid groups (broad SMARTS) is 1. The van der Waals surface area contributed by atoms with E-state index in [0.717, 1.165) is 24.3 Å². The minimum atomic E-state index is -5.89. The molecule has 3 unspecified atom stereocenters. The van der Waals surface area contributed by atoms with Crippen LogP contribution in [0.1, 0.15) is 35.1 Å². The number of halogens is 4. The fourth-order valence-corrected chi connectivity index (χ4v) is 4.85. The molecule has 0 aliphatic carbocycles. The molecule has 46 heavy (non-hydrogen) atoms. The monoisotopic (exact) mass is 700 g/mol. The molecule has 2 aromatic carbocycles. The van der Waals surface area contributed by atoms with E-state index in [1.54, 1.807) is 0 Å². The summed E-state index contributed by atoms with van der Waals surface area (Å²) in [6, 6.07) is 2.11. The Bertz CT molecular complexity index is 1530. The lowest BCUT2D eigenvalue weighted by molar-refractivity contribution is -0.137. The van der Waals surface area contributed by atoms with Crippen LogP contribution in [0.4, 0.5) is 17.6 Å². The highest BCUT2D eigenvalue weighted by atomic mass is 31.2. The summed E-state index contributed by atoms with van der Waals surface area (Å²) in [5, 5.41) is 13.3. The zero-order valence-corrected chi connectivity index (χ0v) is 25.2. The Kier molecular flexibility index (Phi) is 12.4. The third-order valence-corrected chi connectivity index (χ3v) is 8.49. The fraction of sp³-hybridized carbons (Fsp3) is 0.360. The van der Waals surface area contributed by atoms with Crippen molar-refractivity contribution in [3.05, 3.63) is 70.8 Å². The number of carboxylic acids is 1. The van der Waals surface area contributed by atoms with Crippen LogP contribution in [0.25, 0.3) is 0 Å². The normalized spacial score (nSPS) is 14.5. The van der Waals surface area contributed by atoms with Gasteiger partial charge in [0.2, 0.25) is 17.7 Å². The van der Waals surface area contributed by atoms with Gasteiger partial charge in [0.15, 0.2) is 0 Å². The quantitative estimate of drug-likeness (QED) is 0.0859. The van der Waals surface area contributed by atoms with Crippen LogP contribution in [0.2, 0.25) is 0 Å². The molecular formula is C25H30F4N4O11P2. The average molecular weight is 700 g/mol. The van der Waals surface area contributed by atoms with Crippen molar-refractivity contribution >= 4 is 38.9 Å². The summed E-state index contributed by atoms with van der Waals surface area (Å²) in [5.74, 6) is -4.50. The number of alkyl halides is 4. The summed E-state index contributed by atoms with van der Waals surface area (Å²) in [6.07, 6.45) is -1.75. The van der Waals surface area contributed by atoms with E-state index in [1.165, 1.54) is 0 Å². The van der Waals surface area contributed by atoms with Crippen molar-refractivity contribution < 1.29 is 70.6 Å². The maximum atomic E-state index is 14.1. The van der Waals surface area contributed by atoms with Crippen LogP contribution in [0.15, 0.2) is 48.5 Å². The van der Waals surface area contributed by atoms with Gasteiger partial charge < -0.3 is 46.8 Å². The molecule has 0 radical (unpaired) electrons. The molecular weight excluding hydrogens is 670 g/mol. The Labute approximate surface area is 257 Å². The Balaban J connectivity index is 2.32. The molecule has 0 fully saturated rings. The molecule has 0 aromatic heterocycles. The van der Waals surface area contributed by atoms with Gasteiger partial charge in [-0.25, -0.2) is 0 Å². The summed E-state index contributed by atoms with van der Waals surface area (Å²) in [7, 11) is -11.8. The predicted molar refractivity (Wildman–Crippen MR) is 150 cm³/mol. The summed E-state index contributed by atoms with van der Waals surface area (Å²) in [5.41, 5.74) is 0.119. The lowest BCUT2D eigenvalue weighted by atomic mass is 10.0. The molecule has 3 atom stereocenters. The standard InChI is InChI=1S/C25H30F4N4O11P2/c26-24(27,45(39,40)41)15-5-1-13(2-6-15)11-18(21(31)36)32-23(38)19(33-22(37)17(30)9-10-20(34)35)12-14-3-7-16(8-4-14)25(28,29)46(42,43)44/h1-8,17-19H,9-12,30H2,(H2,31,36)(H,32,38)(H,33,37)(H,34,35)(H2,39,40,41)(H2,42,43,44). The number of hydrogen-bond donors (Lipinski definition) is 9. The van der Waals surface area contributed by atoms with Crippen LogP contribution in [0, 0.1) is 0 Å². The van der Waals surface area contributed by atoms with Crippen LogP contribution >= 0.6 is 15.2 Å². The van der Waals surface area contributed by atoms with E-state index in [9.17, 15) is 45.9 Å². The zero-order chi connectivity index (χ0) is 35.3. The van der Waals surface area contributed by atoms with Gasteiger partial charge in [0, 0.05) is 30.4 Å². The van der Waals surface area contributed by atoms with Crippen molar-refractivity contribution in [1.29, 1.82) is 0 Å². The molecule has 0 saturated heterocycles. The minimum absolute atomic E-state index is 0.0713. The van der Waals surface area contributed by atoms with Gasteiger partial charge in [-0.15, -0.1) is 0 Å². The van der Waals surface area contributed by atoms with E-state index < -0.39 is 98.7 Å². The van der Waals surface area contributed by atoms with Crippen molar-refractivity contribution in [1.82, 2.24) is 10.6 Å². The van der Waals surface area contributed by atoms with Crippen LogP contribution < -0.4 is 22.1 Å². The van der Waals surface area contributed by atoms with Gasteiger partial charge in [-0.05, 0) is 17.5 Å². The molecule has 2 aromatic rings. The van der Waals surface area contributed by atoms with Gasteiger partial charge in [-0.2, -0.15) is 17.6 Å². The van der Waals surface area contributed by atoms with Gasteiger partial charge in [-0.3, -0.25) is 28.3 Å². The SMILES string of the molecule is NC(=O)C(Cc1ccc(C(F)(F)P(=O)(O)O)cc1)NC(=O)C(Cc1ccc(C(F)(F)P(=O)(O)O)cc1)NC(=O)C(N)CCC(=O)O. The molecule has 15 nitrogen and oxygen atoms in total. The topological polar surface area (TPSA) is 280 Å². The summed E-state index contributed by atoms with van der Waals surface area (Å²) < 4.78 is 78.3. The lowest BCUT2D eigenvalue weighted by Crippen LogP contribution is -2.56. The minimum Gasteiger partial charge on any atom is -0.481 e. The molecule has 11 N–H and O–H groups in total. The summed E-state index contributed by atoms with van der Waals surface area (Å²) in [4.78, 5) is 84.6. The van der Waals surface area contributed by atoms with E-state index in [0.29, 0.717) is 24.3 Å². The van der Waals surface area contributed by atoms with Crippen LogP contribution in [0.5, 0.6) is 0 Å². The van der Waals surface area contributed by atoms with Gasteiger partial charge in [-0.1, -0.05) is 48.5 Å². The Morgan fingerprint density at radius 3 is 1.43 bits per heavy atom. The number of nitrogens with two attached hydrogens (primary N) is 2. The maximum Gasteiger partial charge on any atom is 0.399 e. The fourth-order valence-electron chi connectivity index (χ4n) is 3.88. The highest BCUT2D eigenvalue weighted by Crippen LogP contribution is 2.60. The van der Waals surface area contributed by atoms with Gasteiger partial charge in [0.05, 0.1) is 6.04 Å². The molecule has 0 saturated carbocycles. The number of aliphatic carboxylic acids is 1. The molecule has 254 valence electrons. The van der Waals surface area contributed by atoms with E-state index in [2.05, 4.69) is 10.6 Å². The molecule has 0 heterocycles. The van der Waals surface area contributed by atoms with Crippen LogP contribution in [0.3, 0.4) is 0 Å². The highest BCUT2D eigenvalue weighted by Gasteiger charge is 2.51. The van der Waals surface area contributed by atoms with Crippen LogP contribution in [-0.4, -0.2) is 66.5 Å². The Morgan fingerprint density at radius 1 is 0.717 bits per heavy atom. The van der Waals surface area contributed by atoms with Crippen molar-refractivity contribution in [2.45, 2.75) is 55.1 Å². The van der Waals surface area contributed by atoms with Gasteiger partial charge >= 0.3 is 32.5 Å². The number of carbonyl (C=O) groups excluding carboxylic acids is 3. The van der Waals surface area contributed by atoms with Crippen molar-refractivity contribution in [3.63, 3.8) is 0 Å². The maximum absolute atomic E-state index is 14.1. The number of carbonyl (C=O) groups is 4. The first-order valence-corrected chi connectivity index (χ1v) is 16.1. The number of benzene rings is 2. The van der Waals surface area contributed by atoms with E-state index in [1.807, 2.05) is 0 Å². The highest BCUT2D eigenvalue weighted by molar-refractivity contribution is 7.52. The summed E-state index contributed by atoms with van der Waals surface area (Å²) in [6.45, 7) is 0. The van der Waals surface area contributed by atoms with E-state index >= 15 is 0 Å². The number of rotatable bonds is 16. The molecule has 0 aliphatic heterocycles.